The number of amides is 1. The summed E-state index contributed by atoms with van der Waals surface area (Å²) in [5.41, 5.74) is 2.36. The highest BCUT2D eigenvalue weighted by atomic mass is 32.2. The molecule has 1 amide bonds. The van der Waals surface area contributed by atoms with Crippen molar-refractivity contribution in [3.8, 4) is 11.4 Å². The number of H-pyrrole nitrogens is 1. The highest BCUT2D eigenvalue weighted by Crippen LogP contribution is 2.24. The molecule has 0 aliphatic heterocycles. The molecule has 3 rings (SSSR count). The van der Waals surface area contributed by atoms with Crippen LogP contribution in [0.4, 0.5) is 16.2 Å². The molecule has 3 aromatic rings. The van der Waals surface area contributed by atoms with Crippen molar-refractivity contribution in [2.75, 3.05) is 16.3 Å². The number of pyridine rings is 1. The number of hydrogen-bond acceptors (Lipinski definition) is 5. The highest BCUT2D eigenvalue weighted by molar-refractivity contribution is 7.92. The lowest BCUT2D eigenvalue weighted by atomic mass is 10.2. The first-order valence-corrected chi connectivity index (χ1v) is 8.63. The molecule has 10 heteroatoms. The molecule has 2 heterocycles. The van der Waals surface area contributed by atoms with Crippen LogP contribution in [0.5, 0.6) is 0 Å². The zero-order valence-electron chi connectivity index (χ0n) is 12.4. The summed E-state index contributed by atoms with van der Waals surface area (Å²) < 4.78 is 25.0. The Morgan fingerprint density at radius 3 is 2.75 bits per heavy atom. The summed E-state index contributed by atoms with van der Waals surface area (Å²) in [6.07, 6.45) is 1.25. The molecular formula is C14H13N5O4S. The van der Waals surface area contributed by atoms with Crippen LogP contribution >= 0.6 is 0 Å². The molecule has 1 aromatic carbocycles. The fourth-order valence-corrected chi connectivity index (χ4v) is 2.73. The van der Waals surface area contributed by atoms with Crippen LogP contribution in [-0.2, 0) is 10.0 Å². The van der Waals surface area contributed by atoms with Crippen molar-refractivity contribution in [2.45, 2.75) is 0 Å². The maximum atomic E-state index is 11.3. The van der Waals surface area contributed by atoms with Gasteiger partial charge in [0.15, 0.2) is 5.65 Å². The number of nitrogens with one attached hydrogen (secondary N) is 3. The van der Waals surface area contributed by atoms with Gasteiger partial charge in [-0.25, -0.2) is 23.2 Å². The van der Waals surface area contributed by atoms with Crippen molar-refractivity contribution in [1.29, 1.82) is 0 Å². The number of aromatic amines is 1. The van der Waals surface area contributed by atoms with Gasteiger partial charge in [-0.15, -0.1) is 0 Å². The molecule has 0 spiro atoms. The third kappa shape index (κ3) is 3.60. The number of carbonyl (C=O) groups is 1. The van der Waals surface area contributed by atoms with E-state index < -0.39 is 16.1 Å². The molecule has 0 saturated carbocycles. The lowest BCUT2D eigenvalue weighted by Gasteiger charge is -2.04. The molecule has 24 heavy (non-hydrogen) atoms. The first-order chi connectivity index (χ1) is 11.3. The van der Waals surface area contributed by atoms with E-state index in [1.807, 2.05) is 0 Å². The molecule has 0 bridgehead atoms. The Hall–Kier alpha value is -3.14. The average molecular weight is 347 g/mol. The molecule has 0 saturated heterocycles. The predicted molar refractivity (Wildman–Crippen MR) is 89.4 cm³/mol. The van der Waals surface area contributed by atoms with Crippen LogP contribution in [0.1, 0.15) is 0 Å². The normalized spacial score (nSPS) is 11.4. The summed E-state index contributed by atoms with van der Waals surface area (Å²) in [7, 11) is -3.37. The van der Waals surface area contributed by atoms with Crippen LogP contribution in [0.3, 0.4) is 0 Å². The summed E-state index contributed by atoms with van der Waals surface area (Å²) in [5, 5.41) is 10.9. The predicted octanol–water partition coefficient (Wildman–Crippen LogP) is 2.09. The van der Waals surface area contributed by atoms with E-state index in [4.69, 9.17) is 5.11 Å². The van der Waals surface area contributed by atoms with Crippen molar-refractivity contribution >= 4 is 38.7 Å². The van der Waals surface area contributed by atoms with Gasteiger partial charge >= 0.3 is 6.09 Å². The standard InChI is InChI=1S/C14H13N5O4S/c1-24(22,23)19-9-4-2-3-8(5-9)12-17-11-6-10(16-14(20)21)7-15-13(11)18-12/h2-7,16,19H,1H3,(H,20,21)(H,15,17,18). The Morgan fingerprint density at radius 2 is 2.04 bits per heavy atom. The SMILES string of the molecule is CS(=O)(=O)Nc1cccc(-c2nc3ncc(NC(=O)O)cc3[nH]2)c1. The molecule has 0 radical (unpaired) electrons. The molecular weight excluding hydrogens is 334 g/mol. The minimum absolute atomic E-state index is 0.317. The third-order valence-corrected chi connectivity index (χ3v) is 3.63. The number of anilines is 2. The number of hydrogen-bond donors (Lipinski definition) is 4. The van der Waals surface area contributed by atoms with E-state index in [-0.39, 0.29) is 0 Å². The lowest BCUT2D eigenvalue weighted by Crippen LogP contribution is -2.09. The molecule has 0 fully saturated rings. The zero-order valence-corrected chi connectivity index (χ0v) is 13.3. The molecule has 9 nitrogen and oxygen atoms in total. The maximum Gasteiger partial charge on any atom is 0.409 e. The largest absolute Gasteiger partial charge is 0.465 e. The molecule has 0 aliphatic carbocycles. The smallest absolute Gasteiger partial charge is 0.409 e. The van der Waals surface area contributed by atoms with Gasteiger partial charge in [-0.3, -0.25) is 10.0 Å². The fourth-order valence-electron chi connectivity index (χ4n) is 2.17. The minimum atomic E-state index is -3.37. The highest BCUT2D eigenvalue weighted by Gasteiger charge is 2.10. The Morgan fingerprint density at radius 1 is 1.25 bits per heavy atom. The fraction of sp³-hybridized carbons (Fsp3) is 0.0714. The van der Waals surface area contributed by atoms with Crippen molar-refractivity contribution in [3.05, 3.63) is 36.5 Å². The van der Waals surface area contributed by atoms with E-state index >= 15 is 0 Å². The van der Waals surface area contributed by atoms with E-state index in [9.17, 15) is 13.2 Å². The van der Waals surface area contributed by atoms with E-state index in [0.29, 0.717) is 33.9 Å². The van der Waals surface area contributed by atoms with Crippen molar-refractivity contribution in [1.82, 2.24) is 15.0 Å². The Balaban J connectivity index is 1.97. The summed E-state index contributed by atoms with van der Waals surface area (Å²) in [6, 6.07) is 8.30. The van der Waals surface area contributed by atoms with Gasteiger partial charge in [0.05, 0.1) is 23.7 Å². The second-order valence-electron chi connectivity index (χ2n) is 5.07. The second-order valence-corrected chi connectivity index (χ2v) is 6.81. The van der Waals surface area contributed by atoms with Gasteiger partial charge in [0.1, 0.15) is 5.82 Å². The van der Waals surface area contributed by atoms with E-state index in [0.717, 1.165) is 6.26 Å². The van der Waals surface area contributed by atoms with E-state index in [1.54, 1.807) is 30.3 Å². The topological polar surface area (TPSA) is 137 Å². The molecule has 0 unspecified atom stereocenters. The summed E-state index contributed by atoms with van der Waals surface area (Å²) >= 11 is 0. The zero-order chi connectivity index (χ0) is 17.3. The number of nitrogens with zero attached hydrogens (tertiary/aromatic N) is 2. The summed E-state index contributed by atoms with van der Waals surface area (Å²) in [5.74, 6) is 0.488. The van der Waals surface area contributed by atoms with Crippen molar-refractivity contribution < 1.29 is 18.3 Å². The van der Waals surface area contributed by atoms with Gasteiger partial charge in [0, 0.05) is 11.3 Å². The van der Waals surface area contributed by atoms with Crippen LogP contribution in [-0.4, -0.2) is 40.8 Å². The van der Waals surface area contributed by atoms with Gasteiger partial charge in [0.25, 0.3) is 0 Å². The number of sulfonamides is 1. The third-order valence-electron chi connectivity index (χ3n) is 3.03. The van der Waals surface area contributed by atoms with Crippen molar-refractivity contribution in [2.24, 2.45) is 0 Å². The molecule has 4 N–H and O–H groups in total. The van der Waals surface area contributed by atoms with Crippen molar-refractivity contribution in [3.63, 3.8) is 0 Å². The average Bonchev–Trinajstić information content (AvgIpc) is 2.88. The van der Waals surface area contributed by atoms with Crippen LogP contribution in [0.25, 0.3) is 22.6 Å². The van der Waals surface area contributed by atoms with Crippen LogP contribution in [0, 0.1) is 0 Å². The number of benzene rings is 1. The molecule has 2 aromatic heterocycles. The maximum absolute atomic E-state index is 11.3. The number of fused-ring (bicyclic) bond motifs is 1. The molecule has 0 aliphatic rings. The van der Waals surface area contributed by atoms with Gasteiger partial charge in [-0.2, -0.15) is 0 Å². The Labute approximate surface area is 136 Å². The van der Waals surface area contributed by atoms with Crippen LogP contribution in [0.15, 0.2) is 36.5 Å². The van der Waals surface area contributed by atoms with Crippen LogP contribution < -0.4 is 10.0 Å². The number of rotatable bonds is 4. The number of carboxylic acid groups (broad SMARTS) is 1. The van der Waals surface area contributed by atoms with Gasteiger partial charge in [-0.05, 0) is 18.2 Å². The first-order valence-electron chi connectivity index (χ1n) is 6.74. The molecule has 124 valence electrons. The summed E-state index contributed by atoms with van der Waals surface area (Å²) in [4.78, 5) is 22.1. The van der Waals surface area contributed by atoms with Gasteiger partial charge < -0.3 is 10.1 Å². The van der Waals surface area contributed by atoms with Crippen LogP contribution in [0.2, 0.25) is 0 Å². The monoisotopic (exact) mass is 347 g/mol. The number of imidazole rings is 1. The minimum Gasteiger partial charge on any atom is -0.465 e. The van der Waals surface area contributed by atoms with Gasteiger partial charge in [0.2, 0.25) is 10.0 Å². The quantitative estimate of drug-likeness (QED) is 0.570. The Bertz CT molecular complexity index is 1030. The molecule has 0 atom stereocenters. The van der Waals surface area contributed by atoms with E-state index in [1.165, 1.54) is 6.20 Å². The first kappa shape index (κ1) is 15.7. The van der Waals surface area contributed by atoms with E-state index in [2.05, 4.69) is 25.0 Å². The summed E-state index contributed by atoms with van der Waals surface area (Å²) in [6.45, 7) is 0. The number of aromatic nitrogens is 3. The Kier molecular flexibility index (Phi) is 3.81. The van der Waals surface area contributed by atoms with Gasteiger partial charge in [-0.1, -0.05) is 12.1 Å². The lowest BCUT2D eigenvalue weighted by molar-refractivity contribution is 0.209. The second kappa shape index (κ2) is 5.81.